The van der Waals surface area contributed by atoms with Crippen molar-refractivity contribution in [3.05, 3.63) is 11.1 Å². The number of hydrogen-bond acceptors (Lipinski definition) is 5. The highest BCUT2D eigenvalue weighted by molar-refractivity contribution is 7.13. The van der Waals surface area contributed by atoms with Gasteiger partial charge in [0.05, 0.1) is 18.4 Å². The lowest BCUT2D eigenvalue weighted by Crippen LogP contribution is -2.27. The maximum atomic E-state index is 9.41. The molecule has 1 aromatic heterocycles. The third-order valence-corrected chi connectivity index (χ3v) is 3.22. The van der Waals surface area contributed by atoms with Crippen molar-refractivity contribution >= 4 is 16.5 Å². The van der Waals surface area contributed by atoms with E-state index in [4.69, 9.17) is 4.74 Å². The molecule has 0 amide bonds. The molecule has 92 valence electrons. The van der Waals surface area contributed by atoms with Crippen LogP contribution in [0.25, 0.3) is 0 Å². The first-order valence-corrected chi connectivity index (χ1v) is 6.53. The van der Waals surface area contributed by atoms with E-state index in [9.17, 15) is 5.11 Å². The summed E-state index contributed by atoms with van der Waals surface area (Å²) in [4.78, 5) is 6.56. The molecule has 1 N–H and O–H groups in total. The van der Waals surface area contributed by atoms with Crippen LogP contribution in [0.4, 0.5) is 5.13 Å². The molecule has 0 saturated carbocycles. The van der Waals surface area contributed by atoms with Gasteiger partial charge in [0.15, 0.2) is 5.13 Å². The predicted octanol–water partition coefficient (Wildman–Crippen LogP) is 2.06. The van der Waals surface area contributed by atoms with Crippen LogP contribution in [0.1, 0.15) is 32.6 Å². The van der Waals surface area contributed by atoms with Gasteiger partial charge in [-0.15, -0.1) is 11.3 Å². The van der Waals surface area contributed by atoms with Gasteiger partial charge in [-0.2, -0.15) is 0 Å². The SMILES string of the molecule is CCOCCN(CC)c1nc(C(C)O)cs1. The van der Waals surface area contributed by atoms with Crippen molar-refractivity contribution < 1.29 is 9.84 Å². The number of hydrogen-bond donors (Lipinski definition) is 1. The standard InChI is InChI=1S/C11H20N2O2S/c1-4-13(6-7-15-5-2)11-12-10(8-16-11)9(3)14/h8-9,14H,4-7H2,1-3H3. The summed E-state index contributed by atoms with van der Waals surface area (Å²) in [7, 11) is 0. The molecule has 0 radical (unpaired) electrons. The second-order valence-corrected chi connectivity index (χ2v) is 4.34. The van der Waals surface area contributed by atoms with Crippen molar-refractivity contribution in [2.75, 3.05) is 31.2 Å². The first kappa shape index (κ1) is 13.4. The number of aliphatic hydroxyl groups excluding tert-OH is 1. The number of likely N-dealkylation sites (N-methyl/N-ethyl adjacent to an activating group) is 1. The average molecular weight is 244 g/mol. The number of ether oxygens (including phenoxy) is 1. The molecule has 16 heavy (non-hydrogen) atoms. The lowest BCUT2D eigenvalue weighted by atomic mass is 10.3. The Morgan fingerprint density at radius 3 is 2.81 bits per heavy atom. The summed E-state index contributed by atoms with van der Waals surface area (Å²) in [5.41, 5.74) is 0.745. The van der Waals surface area contributed by atoms with Gasteiger partial charge >= 0.3 is 0 Å². The van der Waals surface area contributed by atoms with E-state index in [0.29, 0.717) is 6.61 Å². The van der Waals surface area contributed by atoms with E-state index in [2.05, 4.69) is 16.8 Å². The third kappa shape index (κ3) is 3.73. The van der Waals surface area contributed by atoms with Gasteiger partial charge in [0.2, 0.25) is 0 Å². The number of aliphatic hydroxyl groups is 1. The molecule has 0 spiro atoms. The molecular formula is C11H20N2O2S. The zero-order valence-electron chi connectivity index (χ0n) is 10.1. The fourth-order valence-electron chi connectivity index (χ4n) is 1.32. The minimum Gasteiger partial charge on any atom is -0.387 e. The van der Waals surface area contributed by atoms with Crippen molar-refractivity contribution in [1.29, 1.82) is 0 Å². The summed E-state index contributed by atoms with van der Waals surface area (Å²) >= 11 is 1.57. The van der Waals surface area contributed by atoms with E-state index >= 15 is 0 Å². The van der Waals surface area contributed by atoms with E-state index in [-0.39, 0.29) is 0 Å². The topological polar surface area (TPSA) is 45.6 Å². The second kappa shape index (κ2) is 6.83. The van der Waals surface area contributed by atoms with Crippen LogP contribution in [0.3, 0.4) is 0 Å². The zero-order valence-corrected chi connectivity index (χ0v) is 11.0. The molecule has 1 unspecified atom stereocenters. The van der Waals surface area contributed by atoms with Crippen LogP contribution in [0.5, 0.6) is 0 Å². The smallest absolute Gasteiger partial charge is 0.185 e. The maximum Gasteiger partial charge on any atom is 0.185 e. The Hall–Kier alpha value is -0.650. The van der Waals surface area contributed by atoms with Crippen molar-refractivity contribution in [2.45, 2.75) is 26.9 Å². The Morgan fingerprint density at radius 2 is 2.31 bits per heavy atom. The quantitative estimate of drug-likeness (QED) is 0.746. The molecule has 1 atom stereocenters. The molecule has 1 rings (SSSR count). The summed E-state index contributed by atoms with van der Waals surface area (Å²) in [5, 5.41) is 12.3. The minimum atomic E-state index is -0.490. The number of thiazole rings is 1. The molecule has 4 nitrogen and oxygen atoms in total. The van der Waals surface area contributed by atoms with Crippen molar-refractivity contribution in [3.63, 3.8) is 0 Å². The van der Waals surface area contributed by atoms with Crippen LogP contribution in [0.15, 0.2) is 5.38 Å². The van der Waals surface area contributed by atoms with E-state index in [1.807, 2.05) is 12.3 Å². The monoisotopic (exact) mass is 244 g/mol. The summed E-state index contributed by atoms with van der Waals surface area (Å²) in [6, 6.07) is 0. The van der Waals surface area contributed by atoms with Gasteiger partial charge in [-0.3, -0.25) is 0 Å². The Bertz CT molecular complexity index is 302. The second-order valence-electron chi connectivity index (χ2n) is 3.51. The van der Waals surface area contributed by atoms with Gasteiger partial charge in [-0.1, -0.05) is 0 Å². The van der Waals surface area contributed by atoms with Gasteiger partial charge in [-0.05, 0) is 20.8 Å². The van der Waals surface area contributed by atoms with Gasteiger partial charge in [0.1, 0.15) is 0 Å². The fourth-order valence-corrected chi connectivity index (χ4v) is 2.32. The van der Waals surface area contributed by atoms with E-state index in [0.717, 1.165) is 30.5 Å². The average Bonchev–Trinajstić information content (AvgIpc) is 2.74. The third-order valence-electron chi connectivity index (χ3n) is 2.30. The summed E-state index contributed by atoms with van der Waals surface area (Å²) in [6.45, 7) is 9.02. The summed E-state index contributed by atoms with van der Waals surface area (Å²) in [6.07, 6.45) is -0.490. The van der Waals surface area contributed by atoms with Crippen LogP contribution >= 0.6 is 11.3 Å². The first-order chi connectivity index (χ1) is 7.69. The molecule has 0 aromatic carbocycles. The summed E-state index contributed by atoms with van der Waals surface area (Å²) < 4.78 is 5.33. The van der Waals surface area contributed by atoms with E-state index in [1.165, 1.54) is 0 Å². The number of rotatable bonds is 7. The molecule has 1 heterocycles. The van der Waals surface area contributed by atoms with Crippen LogP contribution in [0, 0.1) is 0 Å². The van der Waals surface area contributed by atoms with Gasteiger partial charge < -0.3 is 14.7 Å². The molecular weight excluding hydrogens is 224 g/mol. The molecule has 0 fully saturated rings. The minimum absolute atomic E-state index is 0.490. The summed E-state index contributed by atoms with van der Waals surface area (Å²) in [5.74, 6) is 0. The van der Waals surface area contributed by atoms with Crippen molar-refractivity contribution in [1.82, 2.24) is 4.98 Å². The maximum absolute atomic E-state index is 9.41. The number of aromatic nitrogens is 1. The van der Waals surface area contributed by atoms with Crippen LogP contribution < -0.4 is 4.90 Å². The first-order valence-electron chi connectivity index (χ1n) is 5.65. The van der Waals surface area contributed by atoms with Gasteiger partial charge in [-0.25, -0.2) is 4.98 Å². The highest BCUT2D eigenvalue weighted by Gasteiger charge is 2.11. The predicted molar refractivity (Wildman–Crippen MR) is 67.1 cm³/mol. The van der Waals surface area contributed by atoms with E-state index in [1.54, 1.807) is 18.3 Å². The molecule has 1 aromatic rings. The lowest BCUT2D eigenvalue weighted by Gasteiger charge is -2.19. The Morgan fingerprint density at radius 1 is 1.56 bits per heavy atom. The molecule has 0 aliphatic carbocycles. The Balaban J connectivity index is 2.56. The van der Waals surface area contributed by atoms with Crippen LogP contribution in [-0.4, -0.2) is 36.4 Å². The number of anilines is 1. The molecule has 0 saturated heterocycles. The Kier molecular flexibility index (Phi) is 5.73. The van der Waals surface area contributed by atoms with E-state index < -0.39 is 6.10 Å². The zero-order chi connectivity index (χ0) is 12.0. The lowest BCUT2D eigenvalue weighted by molar-refractivity contribution is 0.154. The van der Waals surface area contributed by atoms with Crippen molar-refractivity contribution in [2.24, 2.45) is 0 Å². The molecule has 0 aliphatic rings. The molecule has 0 bridgehead atoms. The normalized spacial score (nSPS) is 12.8. The molecule has 5 heteroatoms. The Labute approximate surface area is 101 Å². The highest BCUT2D eigenvalue weighted by atomic mass is 32.1. The van der Waals surface area contributed by atoms with Crippen LogP contribution in [-0.2, 0) is 4.74 Å². The molecule has 0 aliphatic heterocycles. The number of nitrogens with zero attached hydrogens (tertiary/aromatic N) is 2. The van der Waals surface area contributed by atoms with Crippen LogP contribution in [0.2, 0.25) is 0 Å². The highest BCUT2D eigenvalue weighted by Crippen LogP contribution is 2.23. The van der Waals surface area contributed by atoms with Crippen molar-refractivity contribution in [3.8, 4) is 0 Å². The fraction of sp³-hybridized carbons (Fsp3) is 0.727. The van der Waals surface area contributed by atoms with Gasteiger partial charge in [0, 0.05) is 25.1 Å². The van der Waals surface area contributed by atoms with Gasteiger partial charge in [0.25, 0.3) is 0 Å². The largest absolute Gasteiger partial charge is 0.387 e.